The van der Waals surface area contributed by atoms with Gasteiger partial charge >= 0.3 is 0 Å². The van der Waals surface area contributed by atoms with Gasteiger partial charge in [-0.2, -0.15) is 0 Å². The number of thioether (sulfide) groups is 1. The third kappa shape index (κ3) is 4.26. The van der Waals surface area contributed by atoms with E-state index in [1.54, 1.807) is 11.8 Å². The predicted octanol–water partition coefficient (Wildman–Crippen LogP) is 1.47. The summed E-state index contributed by atoms with van der Waals surface area (Å²) in [5.41, 5.74) is 0. The lowest BCUT2D eigenvalue weighted by Crippen LogP contribution is -2.46. The van der Waals surface area contributed by atoms with Gasteiger partial charge in [-0.15, -0.1) is 11.8 Å². The minimum absolute atomic E-state index is 0.269. The van der Waals surface area contributed by atoms with Crippen molar-refractivity contribution in [2.45, 2.75) is 19.8 Å². The molecule has 0 atom stereocenters. The molecule has 0 unspecified atom stereocenters. The van der Waals surface area contributed by atoms with Crippen molar-refractivity contribution in [2.24, 2.45) is 0 Å². The van der Waals surface area contributed by atoms with Gasteiger partial charge in [0.2, 0.25) is 5.91 Å². The van der Waals surface area contributed by atoms with Crippen LogP contribution < -0.4 is 5.32 Å². The SMILES string of the molecule is CC/C=C(/CC(=O)N1CCNCC1)SC. The lowest BCUT2D eigenvalue weighted by Gasteiger charge is -2.27. The van der Waals surface area contributed by atoms with Crippen LogP contribution in [0.5, 0.6) is 0 Å². The van der Waals surface area contributed by atoms with Gasteiger partial charge in [-0.05, 0) is 17.6 Å². The van der Waals surface area contributed by atoms with Crippen LogP contribution in [-0.2, 0) is 4.79 Å². The summed E-state index contributed by atoms with van der Waals surface area (Å²) in [6.45, 7) is 5.67. The Morgan fingerprint density at radius 1 is 1.47 bits per heavy atom. The minimum Gasteiger partial charge on any atom is -0.340 e. The average molecular weight is 228 g/mol. The first-order valence-electron chi connectivity index (χ1n) is 5.49. The molecule has 0 aliphatic carbocycles. The van der Waals surface area contributed by atoms with E-state index in [9.17, 15) is 4.79 Å². The average Bonchev–Trinajstić information content (AvgIpc) is 2.29. The molecule has 0 aromatic rings. The first-order chi connectivity index (χ1) is 7.27. The summed E-state index contributed by atoms with van der Waals surface area (Å²) in [5, 5.41) is 3.25. The Kier molecular flexibility index (Phi) is 5.79. The monoisotopic (exact) mass is 228 g/mol. The van der Waals surface area contributed by atoms with E-state index in [1.807, 2.05) is 11.2 Å². The van der Waals surface area contributed by atoms with Crippen molar-refractivity contribution in [1.29, 1.82) is 0 Å². The zero-order valence-corrected chi connectivity index (χ0v) is 10.4. The second kappa shape index (κ2) is 6.90. The second-order valence-corrected chi connectivity index (χ2v) is 4.52. The number of allylic oxidation sites excluding steroid dienone is 1. The third-order valence-electron chi connectivity index (χ3n) is 2.49. The second-order valence-electron chi connectivity index (χ2n) is 3.59. The molecular weight excluding hydrogens is 208 g/mol. The van der Waals surface area contributed by atoms with Gasteiger partial charge in [0, 0.05) is 26.2 Å². The molecule has 86 valence electrons. The van der Waals surface area contributed by atoms with E-state index in [1.165, 1.54) is 4.91 Å². The first kappa shape index (κ1) is 12.6. The summed E-state index contributed by atoms with van der Waals surface area (Å²) in [4.78, 5) is 15.0. The Balaban J connectivity index is 2.42. The number of carbonyl (C=O) groups is 1. The van der Waals surface area contributed by atoms with Crippen molar-refractivity contribution in [3.05, 3.63) is 11.0 Å². The first-order valence-corrected chi connectivity index (χ1v) is 6.72. The molecular formula is C11H20N2OS. The fourth-order valence-corrected chi connectivity index (χ4v) is 2.23. The van der Waals surface area contributed by atoms with Crippen LogP contribution in [0.15, 0.2) is 11.0 Å². The van der Waals surface area contributed by atoms with E-state index >= 15 is 0 Å². The van der Waals surface area contributed by atoms with Gasteiger partial charge in [-0.3, -0.25) is 4.79 Å². The van der Waals surface area contributed by atoms with Gasteiger partial charge in [-0.25, -0.2) is 0 Å². The molecule has 4 heteroatoms. The van der Waals surface area contributed by atoms with E-state index in [-0.39, 0.29) is 5.91 Å². The zero-order valence-electron chi connectivity index (χ0n) is 9.58. The summed E-state index contributed by atoms with van der Waals surface area (Å²) >= 11 is 1.68. The van der Waals surface area contributed by atoms with Crippen molar-refractivity contribution in [1.82, 2.24) is 10.2 Å². The molecule has 15 heavy (non-hydrogen) atoms. The van der Waals surface area contributed by atoms with Crippen molar-refractivity contribution in [3.63, 3.8) is 0 Å². The van der Waals surface area contributed by atoms with Gasteiger partial charge in [0.05, 0.1) is 6.42 Å². The van der Waals surface area contributed by atoms with E-state index < -0.39 is 0 Å². The smallest absolute Gasteiger partial charge is 0.227 e. The molecule has 0 aromatic heterocycles. The van der Waals surface area contributed by atoms with Crippen molar-refractivity contribution in [2.75, 3.05) is 32.4 Å². The highest BCUT2D eigenvalue weighted by Gasteiger charge is 2.16. The molecule has 0 saturated carbocycles. The molecule has 0 aromatic carbocycles. The number of carbonyl (C=O) groups excluding carboxylic acids is 1. The Morgan fingerprint density at radius 3 is 2.67 bits per heavy atom. The van der Waals surface area contributed by atoms with Crippen LogP contribution in [0.2, 0.25) is 0 Å². The molecule has 0 spiro atoms. The van der Waals surface area contributed by atoms with E-state index in [0.717, 1.165) is 32.6 Å². The van der Waals surface area contributed by atoms with Crippen LogP contribution in [0.4, 0.5) is 0 Å². The van der Waals surface area contributed by atoms with Crippen LogP contribution in [-0.4, -0.2) is 43.2 Å². The molecule has 0 radical (unpaired) electrons. The van der Waals surface area contributed by atoms with E-state index in [4.69, 9.17) is 0 Å². The summed E-state index contributed by atoms with van der Waals surface area (Å²) in [6.07, 6.45) is 5.76. The number of nitrogens with one attached hydrogen (secondary N) is 1. The highest BCUT2D eigenvalue weighted by Crippen LogP contribution is 2.18. The van der Waals surface area contributed by atoms with Gasteiger partial charge < -0.3 is 10.2 Å². The summed E-state index contributed by atoms with van der Waals surface area (Å²) < 4.78 is 0. The molecule has 1 N–H and O–H groups in total. The Bertz CT molecular complexity index is 235. The highest BCUT2D eigenvalue weighted by molar-refractivity contribution is 8.02. The molecule has 3 nitrogen and oxygen atoms in total. The maximum absolute atomic E-state index is 11.9. The number of hydrogen-bond acceptors (Lipinski definition) is 3. The normalized spacial score (nSPS) is 18.0. The van der Waals surface area contributed by atoms with E-state index in [2.05, 4.69) is 18.3 Å². The lowest BCUT2D eigenvalue weighted by molar-refractivity contribution is -0.130. The van der Waals surface area contributed by atoms with Gasteiger partial charge in [-0.1, -0.05) is 13.0 Å². The molecule has 1 fully saturated rings. The summed E-state index contributed by atoms with van der Waals surface area (Å²) in [6, 6.07) is 0. The number of rotatable bonds is 4. The van der Waals surface area contributed by atoms with Crippen molar-refractivity contribution < 1.29 is 4.79 Å². The van der Waals surface area contributed by atoms with Crippen LogP contribution in [0.1, 0.15) is 19.8 Å². The standard InChI is InChI=1S/C11H20N2OS/c1-3-4-10(15-2)9-11(14)13-7-5-12-6-8-13/h4,12H,3,5-9H2,1-2H3/b10-4-. The van der Waals surface area contributed by atoms with E-state index in [0.29, 0.717) is 6.42 Å². The van der Waals surface area contributed by atoms with Crippen molar-refractivity contribution >= 4 is 17.7 Å². The summed E-state index contributed by atoms with van der Waals surface area (Å²) in [5.74, 6) is 0.269. The minimum atomic E-state index is 0.269. The largest absolute Gasteiger partial charge is 0.340 e. The van der Waals surface area contributed by atoms with Crippen LogP contribution >= 0.6 is 11.8 Å². The van der Waals surface area contributed by atoms with Crippen LogP contribution in [0, 0.1) is 0 Å². The Morgan fingerprint density at radius 2 is 2.13 bits per heavy atom. The number of piperazine rings is 1. The van der Waals surface area contributed by atoms with Crippen LogP contribution in [0.25, 0.3) is 0 Å². The lowest BCUT2D eigenvalue weighted by atomic mass is 10.2. The van der Waals surface area contributed by atoms with Gasteiger partial charge in [0.15, 0.2) is 0 Å². The van der Waals surface area contributed by atoms with Gasteiger partial charge in [0.1, 0.15) is 0 Å². The highest BCUT2D eigenvalue weighted by atomic mass is 32.2. The topological polar surface area (TPSA) is 32.3 Å². The fraction of sp³-hybridized carbons (Fsp3) is 0.727. The van der Waals surface area contributed by atoms with Gasteiger partial charge in [0.25, 0.3) is 0 Å². The molecule has 1 heterocycles. The Hall–Kier alpha value is -0.480. The predicted molar refractivity (Wildman–Crippen MR) is 66.0 cm³/mol. The third-order valence-corrected chi connectivity index (χ3v) is 3.32. The number of amides is 1. The number of hydrogen-bond donors (Lipinski definition) is 1. The molecule has 1 aliphatic rings. The van der Waals surface area contributed by atoms with Crippen molar-refractivity contribution in [3.8, 4) is 0 Å². The molecule has 1 aliphatic heterocycles. The zero-order chi connectivity index (χ0) is 11.1. The summed E-state index contributed by atoms with van der Waals surface area (Å²) in [7, 11) is 0. The maximum atomic E-state index is 11.9. The molecule has 1 saturated heterocycles. The van der Waals surface area contributed by atoms with Crippen LogP contribution in [0.3, 0.4) is 0 Å². The Labute approximate surface area is 96.3 Å². The number of nitrogens with zero attached hydrogens (tertiary/aromatic N) is 1. The molecule has 0 bridgehead atoms. The fourth-order valence-electron chi connectivity index (χ4n) is 1.63. The molecule has 1 rings (SSSR count). The molecule has 1 amide bonds. The quantitative estimate of drug-likeness (QED) is 0.791. The maximum Gasteiger partial charge on any atom is 0.227 e.